The van der Waals surface area contributed by atoms with Gasteiger partial charge in [0.05, 0.1) is 18.5 Å². The van der Waals surface area contributed by atoms with Crippen molar-refractivity contribution in [1.82, 2.24) is 4.98 Å². The molecule has 1 aromatic rings. The van der Waals surface area contributed by atoms with Crippen LogP contribution in [0.1, 0.15) is 31.5 Å². The maximum Gasteiger partial charge on any atom is 0.137 e. The SMILES string of the molecule is C[C@H](N)c1ccc(OCC2CCOCC2)cn1. The summed E-state index contributed by atoms with van der Waals surface area (Å²) in [4.78, 5) is 4.27. The standard InChI is InChI=1S/C13H20N2O2/c1-10(14)13-3-2-12(8-15-13)17-9-11-4-6-16-7-5-11/h2-3,8,10-11H,4-7,9,14H2,1H3/t10-/m0/s1. The molecule has 0 spiro atoms. The summed E-state index contributed by atoms with van der Waals surface area (Å²) in [6.45, 7) is 4.39. The molecule has 4 nitrogen and oxygen atoms in total. The van der Waals surface area contributed by atoms with Gasteiger partial charge in [0.1, 0.15) is 5.75 Å². The van der Waals surface area contributed by atoms with Crippen molar-refractivity contribution in [3.05, 3.63) is 24.0 Å². The second kappa shape index (κ2) is 5.98. The average Bonchev–Trinajstić information content (AvgIpc) is 2.38. The summed E-state index contributed by atoms with van der Waals surface area (Å²) in [5.74, 6) is 1.43. The molecule has 2 rings (SSSR count). The first-order valence-corrected chi connectivity index (χ1v) is 6.18. The summed E-state index contributed by atoms with van der Waals surface area (Å²) in [7, 11) is 0. The maximum atomic E-state index is 5.74. The van der Waals surface area contributed by atoms with Crippen molar-refractivity contribution in [2.45, 2.75) is 25.8 Å². The van der Waals surface area contributed by atoms with E-state index in [-0.39, 0.29) is 6.04 Å². The van der Waals surface area contributed by atoms with Gasteiger partial charge in [0.15, 0.2) is 0 Å². The normalized spacial score (nSPS) is 18.9. The lowest BCUT2D eigenvalue weighted by atomic mass is 10.0. The Kier molecular flexibility index (Phi) is 4.34. The number of hydrogen-bond acceptors (Lipinski definition) is 4. The molecular formula is C13H20N2O2. The molecule has 1 aliphatic rings. The highest BCUT2D eigenvalue weighted by Crippen LogP contribution is 2.18. The summed E-state index contributed by atoms with van der Waals surface area (Å²) < 4.78 is 11.0. The van der Waals surface area contributed by atoms with Crippen LogP contribution in [0, 0.1) is 5.92 Å². The molecule has 0 radical (unpaired) electrons. The Hall–Kier alpha value is -1.13. The molecular weight excluding hydrogens is 216 g/mol. The summed E-state index contributed by atoms with van der Waals surface area (Å²) in [6.07, 6.45) is 3.93. The Morgan fingerprint density at radius 3 is 2.82 bits per heavy atom. The Bertz CT molecular complexity index is 332. The lowest BCUT2D eigenvalue weighted by molar-refractivity contribution is 0.0497. The summed E-state index contributed by atoms with van der Waals surface area (Å²) in [5.41, 5.74) is 6.63. The Morgan fingerprint density at radius 1 is 1.47 bits per heavy atom. The predicted octanol–water partition coefficient (Wildman–Crippen LogP) is 1.91. The minimum absolute atomic E-state index is 0.0282. The van der Waals surface area contributed by atoms with Crippen molar-refractivity contribution >= 4 is 0 Å². The molecule has 1 atom stereocenters. The van der Waals surface area contributed by atoms with Gasteiger partial charge in [-0.05, 0) is 37.8 Å². The first-order chi connectivity index (χ1) is 8.25. The molecule has 1 aliphatic heterocycles. The number of nitrogens with two attached hydrogens (primary N) is 1. The number of nitrogens with zero attached hydrogens (tertiary/aromatic N) is 1. The molecule has 94 valence electrons. The highest BCUT2D eigenvalue weighted by atomic mass is 16.5. The zero-order valence-electron chi connectivity index (χ0n) is 10.3. The second-order valence-corrected chi connectivity index (χ2v) is 4.57. The average molecular weight is 236 g/mol. The quantitative estimate of drug-likeness (QED) is 0.867. The van der Waals surface area contributed by atoms with E-state index >= 15 is 0 Å². The van der Waals surface area contributed by atoms with Crippen LogP contribution in [-0.4, -0.2) is 24.8 Å². The van der Waals surface area contributed by atoms with Gasteiger partial charge < -0.3 is 15.2 Å². The molecule has 2 N–H and O–H groups in total. The third kappa shape index (κ3) is 3.68. The first kappa shape index (κ1) is 12.3. The van der Waals surface area contributed by atoms with Gasteiger partial charge >= 0.3 is 0 Å². The van der Waals surface area contributed by atoms with E-state index in [0.717, 1.165) is 44.1 Å². The minimum Gasteiger partial charge on any atom is -0.492 e. The third-order valence-corrected chi connectivity index (χ3v) is 3.05. The fraction of sp³-hybridized carbons (Fsp3) is 0.615. The van der Waals surface area contributed by atoms with Gasteiger partial charge in [-0.1, -0.05) is 0 Å². The summed E-state index contributed by atoms with van der Waals surface area (Å²) in [5, 5.41) is 0. The van der Waals surface area contributed by atoms with Gasteiger partial charge in [-0.2, -0.15) is 0 Å². The van der Waals surface area contributed by atoms with Crippen LogP contribution in [0.15, 0.2) is 18.3 Å². The van der Waals surface area contributed by atoms with Crippen LogP contribution < -0.4 is 10.5 Å². The molecule has 4 heteroatoms. The Morgan fingerprint density at radius 2 is 2.24 bits per heavy atom. The van der Waals surface area contributed by atoms with Crippen LogP contribution in [0.5, 0.6) is 5.75 Å². The van der Waals surface area contributed by atoms with Gasteiger partial charge in [0, 0.05) is 19.3 Å². The molecule has 0 aromatic carbocycles. The van der Waals surface area contributed by atoms with E-state index in [2.05, 4.69) is 4.98 Å². The van der Waals surface area contributed by atoms with Crippen molar-refractivity contribution in [2.24, 2.45) is 11.7 Å². The van der Waals surface area contributed by atoms with Crippen molar-refractivity contribution < 1.29 is 9.47 Å². The van der Waals surface area contributed by atoms with Gasteiger partial charge in [0.2, 0.25) is 0 Å². The molecule has 1 aromatic heterocycles. The van der Waals surface area contributed by atoms with E-state index in [9.17, 15) is 0 Å². The van der Waals surface area contributed by atoms with E-state index in [1.807, 2.05) is 19.1 Å². The van der Waals surface area contributed by atoms with Gasteiger partial charge in [-0.15, -0.1) is 0 Å². The third-order valence-electron chi connectivity index (χ3n) is 3.05. The van der Waals surface area contributed by atoms with Crippen molar-refractivity contribution in [3.8, 4) is 5.75 Å². The molecule has 0 saturated carbocycles. The zero-order chi connectivity index (χ0) is 12.1. The predicted molar refractivity (Wildman–Crippen MR) is 65.9 cm³/mol. The monoisotopic (exact) mass is 236 g/mol. The molecule has 1 fully saturated rings. The number of rotatable bonds is 4. The van der Waals surface area contributed by atoms with Gasteiger partial charge in [-0.3, -0.25) is 4.98 Å². The zero-order valence-corrected chi connectivity index (χ0v) is 10.3. The van der Waals surface area contributed by atoms with E-state index in [1.165, 1.54) is 0 Å². The maximum absolute atomic E-state index is 5.74. The fourth-order valence-electron chi connectivity index (χ4n) is 1.87. The topological polar surface area (TPSA) is 57.4 Å². The molecule has 0 amide bonds. The first-order valence-electron chi connectivity index (χ1n) is 6.18. The van der Waals surface area contributed by atoms with E-state index < -0.39 is 0 Å². The van der Waals surface area contributed by atoms with Crippen LogP contribution >= 0.6 is 0 Å². The highest BCUT2D eigenvalue weighted by Gasteiger charge is 2.14. The van der Waals surface area contributed by atoms with Gasteiger partial charge in [0.25, 0.3) is 0 Å². The molecule has 2 heterocycles. The largest absolute Gasteiger partial charge is 0.492 e. The lowest BCUT2D eigenvalue weighted by Crippen LogP contribution is -2.21. The van der Waals surface area contributed by atoms with Gasteiger partial charge in [-0.25, -0.2) is 0 Å². The molecule has 1 saturated heterocycles. The molecule has 0 unspecified atom stereocenters. The summed E-state index contributed by atoms with van der Waals surface area (Å²) >= 11 is 0. The van der Waals surface area contributed by atoms with Crippen LogP contribution in [0.2, 0.25) is 0 Å². The van der Waals surface area contributed by atoms with E-state index in [4.69, 9.17) is 15.2 Å². The van der Waals surface area contributed by atoms with Crippen LogP contribution in [0.4, 0.5) is 0 Å². The lowest BCUT2D eigenvalue weighted by Gasteiger charge is -2.22. The number of aromatic nitrogens is 1. The van der Waals surface area contributed by atoms with Crippen LogP contribution in [0.25, 0.3) is 0 Å². The van der Waals surface area contributed by atoms with Crippen molar-refractivity contribution in [3.63, 3.8) is 0 Å². The number of pyridine rings is 1. The Labute approximate surface area is 102 Å². The fourth-order valence-corrected chi connectivity index (χ4v) is 1.87. The molecule has 17 heavy (non-hydrogen) atoms. The van der Waals surface area contributed by atoms with Crippen LogP contribution in [-0.2, 0) is 4.74 Å². The van der Waals surface area contributed by atoms with E-state index in [0.29, 0.717) is 5.92 Å². The minimum atomic E-state index is -0.0282. The summed E-state index contributed by atoms with van der Waals surface area (Å²) in [6, 6.07) is 3.83. The van der Waals surface area contributed by atoms with Crippen molar-refractivity contribution in [1.29, 1.82) is 0 Å². The van der Waals surface area contributed by atoms with Crippen LogP contribution in [0.3, 0.4) is 0 Å². The molecule has 0 aliphatic carbocycles. The van der Waals surface area contributed by atoms with Crippen molar-refractivity contribution in [2.75, 3.05) is 19.8 Å². The van der Waals surface area contributed by atoms with E-state index in [1.54, 1.807) is 6.20 Å². The highest BCUT2D eigenvalue weighted by molar-refractivity contribution is 5.21. The molecule has 0 bridgehead atoms. The Balaban J connectivity index is 1.82. The number of ether oxygens (including phenoxy) is 2. The second-order valence-electron chi connectivity index (χ2n) is 4.57. The number of hydrogen-bond donors (Lipinski definition) is 1. The smallest absolute Gasteiger partial charge is 0.137 e.